The zero-order chi connectivity index (χ0) is 18.8. The molecule has 0 spiro atoms. The van der Waals surface area contributed by atoms with Crippen LogP contribution in [0.15, 0.2) is 30.6 Å². The first kappa shape index (κ1) is 17.7. The molecule has 0 aliphatic heterocycles. The third kappa shape index (κ3) is 3.61. The van der Waals surface area contributed by atoms with Gasteiger partial charge in [0, 0.05) is 12.7 Å². The van der Waals surface area contributed by atoms with Crippen LogP contribution in [-0.2, 0) is 13.8 Å². The Bertz CT molecular complexity index is 955. The van der Waals surface area contributed by atoms with Gasteiger partial charge in [-0.3, -0.25) is 9.48 Å². The van der Waals surface area contributed by atoms with E-state index in [1.165, 1.54) is 5.56 Å². The Labute approximate surface area is 152 Å². The number of nitrogens with one attached hydrogen (secondary N) is 1. The minimum absolute atomic E-state index is 0.192. The van der Waals surface area contributed by atoms with Gasteiger partial charge in [-0.25, -0.2) is 4.68 Å². The van der Waals surface area contributed by atoms with Gasteiger partial charge in [0.05, 0.1) is 29.3 Å². The number of benzene rings is 1. The van der Waals surface area contributed by atoms with E-state index in [9.17, 15) is 4.79 Å². The summed E-state index contributed by atoms with van der Waals surface area (Å²) in [6, 6.07) is 6.03. The Kier molecular flexibility index (Phi) is 4.79. The third-order valence-electron chi connectivity index (χ3n) is 4.31. The maximum absolute atomic E-state index is 12.5. The van der Waals surface area contributed by atoms with Crippen molar-refractivity contribution in [2.75, 3.05) is 5.32 Å². The summed E-state index contributed by atoms with van der Waals surface area (Å²) < 4.78 is 9.13. The highest BCUT2D eigenvalue weighted by atomic mass is 16.5. The number of nitrogens with zero attached hydrogens (tertiary/aromatic N) is 4. The fourth-order valence-corrected chi connectivity index (χ4v) is 2.89. The van der Waals surface area contributed by atoms with Crippen molar-refractivity contribution in [2.24, 2.45) is 7.05 Å². The summed E-state index contributed by atoms with van der Waals surface area (Å²) in [5.74, 6) is 0.626. The first-order valence-electron chi connectivity index (χ1n) is 8.39. The summed E-state index contributed by atoms with van der Waals surface area (Å²) in [5, 5.41) is 11.4. The van der Waals surface area contributed by atoms with E-state index in [0.29, 0.717) is 16.9 Å². The summed E-state index contributed by atoms with van der Waals surface area (Å²) in [7, 11) is 1.82. The van der Waals surface area contributed by atoms with Crippen molar-refractivity contribution in [3.8, 4) is 5.75 Å². The second-order valence-electron chi connectivity index (χ2n) is 6.43. The molecule has 0 aliphatic carbocycles. The average molecular weight is 353 g/mol. The van der Waals surface area contributed by atoms with Crippen molar-refractivity contribution >= 4 is 11.6 Å². The first-order valence-corrected chi connectivity index (χ1v) is 8.39. The maximum atomic E-state index is 12.5. The molecule has 3 rings (SSSR count). The molecule has 0 bridgehead atoms. The topological polar surface area (TPSA) is 74.0 Å². The number of anilines is 1. The summed E-state index contributed by atoms with van der Waals surface area (Å²) in [5.41, 5.74) is 5.00. The molecule has 7 nitrogen and oxygen atoms in total. The highest BCUT2D eigenvalue weighted by Gasteiger charge is 2.17. The van der Waals surface area contributed by atoms with Crippen LogP contribution >= 0.6 is 0 Å². The van der Waals surface area contributed by atoms with Crippen molar-refractivity contribution in [3.63, 3.8) is 0 Å². The van der Waals surface area contributed by atoms with E-state index in [2.05, 4.69) is 21.6 Å². The molecular weight excluding hydrogens is 330 g/mol. The molecule has 7 heteroatoms. The lowest BCUT2D eigenvalue weighted by Gasteiger charge is -2.09. The molecule has 2 aromatic heterocycles. The number of rotatable bonds is 5. The van der Waals surface area contributed by atoms with Crippen LogP contribution in [0.25, 0.3) is 0 Å². The van der Waals surface area contributed by atoms with Crippen LogP contribution in [-0.4, -0.2) is 25.5 Å². The van der Waals surface area contributed by atoms with E-state index < -0.39 is 0 Å². The first-order chi connectivity index (χ1) is 12.3. The predicted molar refractivity (Wildman–Crippen MR) is 99.4 cm³/mol. The van der Waals surface area contributed by atoms with Crippen molar-refractivity contribution in [1.29, 1.82) is 0 Å². The van der Waals surface area contributed by atoms with E-state index >= 15 is 0 Å². The number of amides is 1. The predicted octanol–water partition coefficient (Wildman–Crippen LogP) is 3.14. The monoisotopic (exact) mass is 353 g/mol. The number of carbonyl (C=O) groups is 1. The van der Waals surface area contributed by atoms with E-state index in [4.69, 9.17) is 4.74 Å². The quantitative estimate of drug-likeness (QED) is 0.765. The van der Waals surface area contributed by atoms with E-state index in [0.717, 1.165) is 17.0 Å². The van der Waals surface area contributed by atoms with Gasteiger partial charge in [-0.05, 0) is 39.3 Å². The lowest BCUT2D eigenvalue weighted by molar-refractivity contribution is 0.102. The number of hydrogen-bond acceptors (Lipinski definition) is 4. The summed E-state index contributed by atoms with van der Waals surface area (Å²) in [6.45, 7) is 8.02. The molecule has 0 saturated heterocycles. The molecule has 0 unspecified atom stereocenters. The van der Waals surface area contributed by atoms with Gasteiger partial charge in [0.25, 0.3) is 5.91 Å². The molecule has 0 saturated carbocycles. The van der Waals surface area contributed by atoms with Gasteiger partial charge < -0.3 is 10.1 Å². The largest absolute Gasteiger partial charge is 0.471 e. The Hall–Kier alpha value is -3.09. The van der Waals surface area contributed by atoms with Crippen LogP contribution in [0, 0.1) is 27.7 Å². The van der Waals surface area contributed by atoms with E-state index in [1.807, 2.05) is 46.9 Å². The van der Waals surface area contributed by atoms with Crippen LogP contribution < -0.4 is 10.1 Å². The Morgan fingerprint density at radius 1 is 1.23 bits per heavy atom. The maximum Gasteiger partial charge on any atom is 0.259 e. The lowest BCUT2D eigenvalue weighted by Crippen LogP contribution is -2.13. The van der Waals surface area contributed by atoms with Crippen LogP contribution in [0.4, 0.5) is 5.69 Å². The van der Waals surface area contributed by atoms with Gasteiger partial charge in [0.1, 0.15) is 5.75 Å². The molecule has 0 atom stereocenters. The Morgan fingerprint density at radius 2 is 2.00 bits per heavy atom. The summed E-state index contributed by atoms with van der Waals surface area (Å²) >= 11 is 0. The molecule has 0 aliphatic rings. The second kappa shape index (κ2) is 7.03. The van der Waals surface area contributed by atoms with E-state index in [-0.39, 0.29) is 12.6 Å². The van der Waals surface area contributed by atoms with Gasteiger partial charge in [-0.15, -0.1) is 0 Å². The lowest BCUT2D eigenvalue weighted by atomic mass is 10.1. The van der Waals surface area contributed by atoms with Crippen LogP contribution in [0.3, 0.4) is 0 Å². The number of ether oxygens (including phenoxy) is 1. The van der Waals surface area contributed by atoms with Crippen LogP contribution in [0.1, 0.15) is 32.9 Å². The minimum atomic E-state index is -0.192. The molecular formula is C19H23N5O2. The van der Waals surface area contributed by atoms with Crippen molar-refractivity contribution in [1.82, 2.24) is 19.6 Å². The molecule has 1 aromatic carbocycles. The Balaban J connectivity index is 1.65. The van der Waals surface area contributed by atoms with E-state index in [1.54, 1.807) is 21.8 Å². The molecule has 136 valence electrons. The van der Waals surface area contributed by atoms with Crippen LogP contribution in [0.5, 0.6) is 5.75 Å². The number of aryl methyl sites for hydroxylation is 4. The van der Waals surface area contributed by atoms with Gasteiger partial charge in [0.15, 0.2) is 6.73 Å². The molecule has 1 amide bonds. The molecule has 1 N–H and O–H groups in total. The highest BCUT2D eigenvalue weighted by molar-refractivity contribution is 6.05. The number of hydrogen-bond donors (Lipinski definition) is 1. The third-order valence-corrected chi connectivity index (χ3v) is 4.31. The normalized spacial score (nSPS) is 10.8. The highest BCUT2D eigenvalue weighted by Crippen LogP contribution is 2.19. The minimum Gasteiger partial charge on any atom is -0.471 e. The molecule has 0 fully saturated rings. The van der Waals surface area contributed by atoms with Crippen molar-refractivity contribution in [3.05, 3.63) is 58.7 Å². The average Bonchev–Trinajstić information content (AvgIpc) is 3.11. The molecule has 26 heavy (non-hydrogen) atoms. The SMILES string of the molecule is Cc1ccc(OCn2cc(NC(=O)c3c(C)nn(C)c3C)cn2)c(C)c1. The zero-order valence-electron chi connectivity index (χ0n) is 15.7. The summed E-state index contributed by atoms with van der Waals surface area (Å²) in [6.07, 6.45) is 3.34. The van der Waals surface area contributed by atoms with Gasteiger partial charge in [-0.2, -0.15) is 10.2 Å². The smallest absolute Gasteiger partial charge is 0.259 e. The molecule has 0 radical (unpaired) electrons. The second-order valence-corrected chi connectivity index (χ2v) is 6.43. The number of carbonyl (C=O) groups excluding carboxylic acids is 1. The standard InChI is InChI=1S/C19H23N5O2/c1-12-6-7-17(13(2)8-12)26-11-24-10-16(9-20-24)21-19(25)18-14(3)22-23(5)15(18)4/h6-10H,11H2,1-5H3,(H,21,25). The molecule has 3 aromatic rings. The molecule has 2 heterocycles. The van der Waals surface area contributed by atoms with Crippen molar-refractivity contribution in [2.45, 2.75) is 34.4 Å². The fourth-order valence-electron chi connectivity index (χ4n) is 2.89. The number of aromatic nitrogens is 4. The Morgan fingerprint density at radius 3 is 2.65 bits per heavy atom. The van der Waals surface area contributed by atoms with Crippen molar-refractivity contribution < 1.29 is 9.53 Å². The fraction of sp³-hybridized carbons (Fsp3) is 0.316. The summed E-state index contributed by atoms with van der Waals surface area (Å²) in [4.78, 5) is 12.5. The van der Waals surface area contributed by atoms with Crippen LogP contribution in [0.2, 0.25) is 0 Å². The van der Waals surface area contributed by atoms with Gasteiger partial charge >= 0.3 is 0 Å². The van der Waals surface area contributed by atoms with Gasteiger partial charge in [-0.1, -0.05) is 17.7 Å². The zero-order valence-corrected chi connectivity index (χ0v) is 15.7. The van der Waals surface area contributed by atoms with Gasteiger partial charge in [0.2, 0.25) is 0 Å².